The van der Waals surface area contributed by atoms with Crippen molar-refractivity contribution in [2.45, 2.75) is 39.3 Å². The van der Waals surface area contributed by atoms with E-state index in [1.807, 2.05) is 33.4 Å². The van der Waals surface area contributed by atoms with Crippen LogP contribution in [0.3, 0.4) is 0 Å². The minimum atomic E-state index is -0.0418. The summed E-state index contributed by atoms with van der Waals surface area (Å²) >= 11 is 1.45. The van der Waals surface area contributed by atoms with Crippen LogP contribution in [0.2, 0.25) is 0 Å². The van der Waals surface area contributed by atoms with Gasteiger partial charge in [0.15, 0.2) is 5.13 Å². The zero-order valence-electron chi connectivity index (χ0n) is 20.8. The molecular weight excluding hydrogens is 462 g/mol. The average molecular weight is 500 g/mol. The van der Waals surface area contributed by atoms with Gasteiger partial charge in [-0.05, 0) is 24.3 Å². The van der Waals surface area contributed by atoms with Crippen molar-refractivity contribution in [2.75, 3.05) is 57.7 Å². The molecular formula is C26H37N5O3S. The predicted octanol–water partition coefficient (Wildman–Crippen LogP) is 3.18. The number of aromatic nitrogens is 1. The summed E-state index contributed by atoms with van der Waals surface area (Å²) < 4.78 is 5.77. The van der Waals surface area contributed by atoms with Crippen LogP contribution in [-0.4, -0.2) is 90.0 Å². The first-order chi connectivity index (χ1) is 17.0. The zero-order valence-corrected chi connectivity index (χ0v) is 21.6. The molecule has 2 fully saturated rings. The Bertz CT molecular complexity index is 953. The summed E-state index contributed by atoms with van der Waals surface area (Å²) in [6, 6.07) is 10.1. The fourth-order valence-corrected chi connectivity index (χ4v) is 5.23. The van der Waals surface area contributed by atoms with Gasteiger partial charge >= 0.3 is 0 Å². The number of carbonyl (C=O) groups excluding carboxylic acids is 2. The molecule has 1 N–H and O–H groups in total. The third-order valence-electron chi connectivity index (χ3n) is 6.41. The molecule has 35 heavy (non-hydrogen) atoms. The number of piperazine rings is 1. The molecule has 8 nitrogen and oxygen atoms in total. The molecule has 1 aromatic carbocycles. The van der Waals surface area contributed by atoms with Crippen LogP contribution < -0.4 is 5.32 Å². The molecule has 0 bridgehead atoms. The van der Waals surface area contributed by atoms with Crippen molar-refractivity contribution >= 4 is 28.3 Å². The van der Waals surface area contributed by atoms with Gasteiger partial charge in [0.25, 0.3) is 5.91 Å². The van der Waals surface area contributed by atoms with Crippen LogP contribution in [0.15, 0.2) is 35.7 Å². The molecule has 0 saturated carbocycles. The van der Waals surface area contributed by atoms with Crippen molar-refractivity contribution in [1.82, 2.24) is 19.7 Å². The topological polar surface area (TPSA) is 78.0 Å². The van der Waals surface area contributed by atoms with Gasteiger partial charge in [0.2, 0.25) is 5.91 Å². The largest absolute Gasteiger partial charge is 0.376 e. The Hall–Kier alpha value is -2.49. The van der Waals surface area contributed by atoms with E-state index in [0.717, 1.165) is 31.1 Å². The predicted molar refractivity (Wildman–Crippen MR) is 139 cm³/mol. The summed E-state index contributed by atoms with van der Waals surface area (Å²) in [4.78, 5) is 36.5. The van der Waals surface area contributed by atoms with E-state index in [1.165, 1.54) is 16.9 Å². The quantitative estimate of drug-likeness (QED) is 0.541. The minimum Gasteiger partial charge on any atom is -0.376 e. The second-order valence-corrected chi connectivity index (χ2v) is 10.6. The van der Waals surface area contributed by atoms with E-state index in [9.17, 15) is 9.59 Å². The smallest absolute Gasteiger partial charge is 0.273 e. The molecule has 3 heterocycles. The minimum absolute atomic E-state index is 0.0418. The van der Waals surface area contributed by atoms with Gasteiger partial charge in [-0.25, -0.2) is 4.98 Å². The summed E-state index contributed by atoms with van der Waals surface area (Å²) in [5.41, 5.74) is 1.65. The lowest BCUT2D eigenvalue weighted by molar-refractivity contribution is -0.134. The summed E-state index contributed by atoms with van der Waals surface area (Å²) in [6.45, 7) is 10.2. The van der Waals surface area contributed by atoms with Crippen molar-refractivity contribution in [3.05, 3.63) is 47.0 Å². The first-order valence-electron chi connectivity index (χ1n) is 12.6. The number of ether oxygens (including phenoxy) is 1. The lowest BCUT2D eigenvalue weighted by Gasteiger charge is -2.35. The fraction of sp³-hybridized carbons (Fsp3) is 0.577. The van der Waals surface area contributed by atoms with Gasteiger partial charge in [-0.3, -0.25) is 14.5 Å². The number of hydrogen-bond acceptors (Lipinski definition) is 7. The SMILES string of the molecule is CC(C)CN(CC1CCCO1)C(=O)CN1CCN(C(=O)c2csc(NCc3ccccc3)n2)CC1. The Labute approximate surface area is 212 Å². The Morgan fingerprint density at radius 2 is 1.97 bits per heavy atom. The number of anilines is 1. The van der Waals surface area contributed by atoms with Crippen molar-refractivity contribution in [3.8, 4) is 0 Å². The number of amides is 2. The van der Waals surface area contributed by atoms with Crippen molar-refractivity contribution in [3.63, 3.8) is 0 Å². The highest BCUT2D eigenvalue weighted by Crippen LogP contribution is 2.19. The normalized spacial score (nSPS) is 18.7. The number of hydrogen-bond donors (Lipinski definition) is 1. The average Bonchev–Trinajstić information content (AvgIpc) is 3.55. The third-order valence-corrected chi connectivity index (χ3v) is 7.21. The number of nitrogens with zero attached hydrogens (tertiary/aromatic N) is 4. The molecule has 2 aliphatic heterocycles. The monoisotopic (exact) mass is 499 g/mol. The molecule has 2 saturated heterocycles. The van der Waals surface area contributed by atoms with Gasteiger partial charge in [0, 0.05) is 57.8 Å². The van der Waals surface area contributed by atoms with Crippen LogP contribution in [0.1, 0.15) is 42.7 Å². The van der Waals surface area contributed by atoms with Crippen LogP contribution in [0, 0.1) is 5.92 Å². The highest BCUT2D eigenvalue weighted by atomic mass is 32.1. The van der Waals surface area contributed by atoms with Crippen LogP contribution >= 0.6 is 11.3 Å². The van der Waals surface area contributed by atoms with Gasteiger partial charge < -0.3 is 19.9 Å². The van der Waals surface area contributed by atoms with Crippen LogP contribution in [0.4, 0.5) is 5.13 Å². The number of rotatable bonds is 10. The molecule has 0 aliphatic carbocycles. The van der Waals surface area contributed by atoms with E-state index < -0.39 is 0 Å². The molecule has 2 aromatic rings. The standard InChI is InChI=1S/C26H37N5O3S/c1-20(2)16-31(17-22-9-6-14-34-22)24(32)18-29-10-12-30(13-11-29)25(33)23-19-35-26(28-23)27-15-21-7-4-3-5-8-21/h3-5,7-8,19-20,22H,6,9-18H2,1-2H3,(H,27,28). The molecule has 2 aliphatic rings. The summed E-state index contributed by atoms with van der Waals surface area (Å²) in [5.74, 6) is 0.530. The Morgan fingerprint density at radius 1 is 1.20 bits per heavy atom. The Balaban J connectivity index is 1.23. The summed E-state index contributed by atoms with van der Waals surface area (Å²) in [5, 5.41) is 5.86. The maximum atomic E-state index is 13.1. The first kappa shape index (κ1) is 25.6. The van der Waals surface area contributed by atoms with Gasteiger partial charge in [-0.2, -0.15) is 0 Å². The van der Waals surface area contributed by atoms with Gasteiger partial charge in [0.1, 0.15) is 5.69 Å². The molecule has 1 aromatic heterocycles. The zero-order chi connectivity index (χ0) is 24.6. The molecule has 9 heteroatoms. The molecule has 0 radical (unpaired) electrons. The molecule has 0 spiro atoms. The van der Waals surface area contributed by atoms with Crippen LogP contribution in [0.25, 0.3) is 0 Å². The van der Waals surface area contributed by atoms with Gasteiger partial charge in [-0.1, -0.05) is 44.2 Å². The molecule has 1 unspecified atom stereocenters. The molecule has 2 amide bonds. The van der Waals surface area contributed by atoms with Crippen LogP contribution in [-0.2, 0) is 16.1 Å². The summed E-state index contributed by atoms with van der Waals surface area (Å²) in [7, 11) is 0. The fourth-order valence-electron chi connectivity index (χ4n) is 4.54. The molecule has 190 valence electrons. The number of thiazole rings is 1. The number of nitrogens with one attached hydrogen (secondary N) is 1. The van der Waals surface area contributed by atoms with E-state index in [4.69, 9.17) is 4.74 Å². The summed E-state index contributed by atoms with van der Waals surface area (Å²) in [6.07, 6.45) is 2.27. The lowest BCUT2D eigenvalue weighted by Crippen LogP contribution is -2.52. The highest BCUT2D eigenvalue weighted by molar-refractivity contribution is 7.13. The van der Waals surface area contributed by atoms with E-state index in [-0.39, 0.29) is 17.9 Å². The second-order valence-electron chi connectivity index (χ2n) is 9.77. The van der Waals surface area contributed by atoms with Gasteiger partial charge in [-0.15, -0.1) is 11.3 Å². The Kier molecular flexibility index (Phi) is 9.12. The van der Waals surface area contributed by atoms with Gasteiger partial charge in [0.05, 0.1) is 12.6 Å². The maximum absolute atomic E-state index is 13.1. The third kappa shape index (κ3) is 7.49. The molecule has 4 rings (SSSR count). The maximum Gasteiger partial charge on any atom is 0.273 e. The second kappa shape index (κ2) is 12.5. The first-order valence-corrected chi connectivity index (χ1v) is 13.5. The lowest BCUT2D eigenvalue weighted by atomic mass is 10.1. The van der Waals surface area contributed by atoms with E-state index in [1.54, 1.807) is 0 Å². The van der Waals surface area contributed by atoms with E-state index in [0.29, 0.717) is 57.4 Å². The molecule has 1 atom stereocenters. The Morgan fingerprint density at radius 3 is 2.66 bits per heavy atom. The van der Waals surface area contributed by atoms with Crippen LogP contribution in [0.5, 0.6) is 0 Å². The van der Waals surface area contributed by atoms with E-state index in [2.05, 4.69) is 41.2 Å². The highest BCUT2D eigenvalue weighted by Gasteiger charge is 2.28. The van der Waals surface area contributed by atoms with Crippen molar-refractivity contribution < 1.29 is 14.3 Å². The van der Waals surface area contributed by atoms with E-state index >= 15 is 0 Å². The number of carbonyl (C=O) groups is 2. The van der Waals surface area contributed by atoms with Crippen molar-refractivity contribution in [1.29, 1.82) is 0 Å². The van der Waals surface area contributed by atoms with Crippen molar-refractivity contribution in [2.24, 2.45) is 5.92 Å². The number of benzene rings is 1.